The van der Waals surface area contributed by atoms with Gasteiger partial charge in [-0.05, 0) is 18.4 Å². The number of thiazole rings is 1. The molecule has 0 aromatic carbocycles. The molecule has 1 rings (SSSR count). The van der Waals surface area contributed by atoms with Gasteiger partial charge >= 0.3 is 0 Å². The molecule has 0 aliphatic rings. The van der Waals surface area contributed by atoms with Crippen molar-refractivity contribution in [2.45, 2.75) is 53.5 Å². The fourth-order valence-corrected chi connectivity index (χ4v) is 2.18. The molecular formula is C13H25ClN2S. The van der Waals surface area contributed by atoms with E-state index in [0.29, 0.717) is 11.3 Å². The highest BCUT2D eigenvalue weighted by molar-refractivity contribution is 7.09. The first-order valence-corrected chi connectivity index (χ1v) is 6.91. The smallest absolute Gasteiger partial charge is 0.0954 e. The molecule has 0 aliphatic heterocycles. The van der Waals surface area contributed by atoms with E-state index in [1.807, 2.05) is 0 Å². The maximum absolute atomic E-state index is 4.60. The van der Waals surface area contributed by atoms with Crippen LogP contribution in [0.2, 0.25) is 0 Å². The molecule has 2 nitrogen and oxygen atoms in total. The van der Waals surface area contributed by atoms with Gasteiger partial charge in [0.25, 0.3) is 0 Å². The SMILES string of the molecule is CC(C)c1nc(CNCCC(C)(C)C)cs1.Cl. The maximum atomic E-state index is 4.60. The minimum atomic E-state index is 0. The van der Waals surface area contributed by atoms with Gasteiger partial charge in [0.2, 0.25) is 0 Å². The predicted octanol–water partition coefficient (Wildman–Crippen LogP) is 4.21. The standard InChI is InChI=1S/C13H24N2S.ClH/c1-10(2)12-15-11(9-16-12)8-14-7-6-13(3,4)5;/h9-10,14H,6-8H2,1-5H3;1H. The second kappa shape index (κ2) is 7.34. The zero-order valence-electron chi connectivity index (χ0n) is 11.5. The average molecular weight is 277 g/mol. The molecule has 0 unspecified atom stereocenters. The van der Waals surface area contributed by atoms with E-state index in [0.717, 1.165) is 13.1 Å². The Bertz CT molecular complexity index is 315. The highest BCUT2D eigenvalue weighted by atomic mass is 35.5. The highest BCUT2D eigenvalue weighted by Crippen LogP contribution is 2.19. The van der Waals surface area contributed by atoms with Crippen molar-refractivity contribution in [1.29, 1.82) is 0 Å². The van der Waals surface area contributed by atoms with Crippen LogP contribution in [0.5, 0.6) is 0 Å². The molecule has 1 aromatic heterocycles. The highest BCUT2D eigenvalue weighted by Gasteiger charge is 2.09. The van der Waals surface area contributed by atoms with E-state index in [2.05, 4.69) is 50.3 Å². The van der Waals surface area contributed by atoms with Crippen LogP contribution in [0.25, 0.3) is 0 Å². The Hall–Kier alpha value is -0.120. The van der Waals surface area contributed by atoms with Crippen molar-refractivity contribution in [1.82, 2.24) is 10.3 Å². The molecule has 100 valence electrons. The molecule has 0 saturated carbocycles. The quantitative estimate of drug-likeness (QED) is 0.815. The van der Waals surface area contributed by atoms with Crippen molar-refractivity contribution >= 4 is 23.7 Å². The first-order valence-electron chi connectivity index (χ1n) is 6.03. The van der Waals surface area contributed by atoms with Gasteiger partial charge in [0.1, 0.15) is 0 Å². The summed E-state index contributed by atoms with van der Waals surface area (Å²) in [4.78, 5) is 4.60. The molecule has 4 heteroatoms. The number of nitrogens with zero attached hydrogens (tertiary/aromatic N) is 1. The molecule has 0 atom stereocenters. The molecule has 0 spiro atoms. The van der Waals surface area contributed by atoms with Gasteiger partial charge in [0.15, 0.2) is 0 Å². The van der Waals surface area contributed by atoms with Crippen molar-refractivity contribution in [3.8, 4) is 0 Å². The van der Waals surface area contributed by atoms with Crippen LogP contribution in [-0.2, 0) is 6.54 Å². The predicted molar refractivity (Wildman–Crippen MR) is 79.2 cm³/mol. The summed E-state index contributed by atoms with van der Waals surface area (Å²) in [6.07, 6.45) is 1.20. The number of halogens is 1. The summed E-state index contributed by atoms with van der Waals surface area (Å²) in [5, 5.41) is 6.86. The molecule has 1 aromatic rings. The van der Waals surface area contributed by atoms with Crippen LogP contribution in [0.3, 0.4) is 0 Å². The Kier molecular flexibility index (Phi) is 7.29. The fourth-order valence-electron chi connectivity index (χ4n) is 1.35. The normalized spacial score (nSPS) is 11.6. The van der Waals surface area contributed by atoms with E-state index in [1.165, 1.54) is 17.1 Å². The van der Waals surface area contributed by atoms with Gasteiger partial charge in [0.05, 0.1) is 10.7 Å². The number of nitrogens with one attached hydrogen (secondary N) is 1. The lowest BCUT2D eigenvalue weighted by molar-refractivity contribution is 0.366. The number of hydrogen-bond acceptors (Lipinski definition) is 3. The lowest BCUT2D eigenvalue weighted by Crippen LogP contribution is -2.20. The van der Waals surface area contributed by atoms with E-state index < -0.39 is 0 Å². The summed E-state index contributed by atoms with van der Waals surface area (Å²) in [5.74, 6) is 0.549. The first kappa shape index (κ1) is 16.9. The van der Waals surface area contributed by atoms with Crippen LogP contribution in [0.1, 0.15) is 57.7 Å². The summed E-state index contributed by atoms with van der Waals surface area (Å²) < 4.78 is 0. The summed E-state index contributed by atoms with van der Waals surface area (Å²) in [6.45, 7) is 13.2. The third-order valence-corrected chi connectivity index (χ3v) is 3.62. The topological polar surface area (TPSA) is 24.9 Å². The van der Waals surface area contributed by atoms with Crippen molar-refractivity contribution < 1.29 is 0 Å². The third kappa shape index (κ3) is 7.02. The average Bonchev–Trinajstić information content (AvgIpc) is 2.59. The number of aromatic nitrogens is 1. The van der Waals surface area contributed by atoms with Crippen LogP contribution in [-0.4, -0.2) is 11.5 Å². The molecule has 1 N–H and O–H groups in total. The maximum Gasteiger partial charge on any atom is 0.0954 e. The summed E-state index contributed by atoms with van der Waals surface area (Å²) >= 11 is 1.77. The van der Waals surface area contributed by atoms with Gasteiger partial charge in [-0.15, -0.1) is 23.7 Å². The zero-order chi connectivity index (χ0) is 12.2. The molecule has 0 radical (unpaired) electrons. The largest absolute Gasteiger partial charge is 0.311 e. The summed E-state index contributed by atoms with van der Waals surface area (Å²) in [5.41, 5.74) is 1.60. The summed E-state index contributed by atoms with van der Waals surface area (Å²) in [7, 11) is 0. The molecule has 0 aliphatic carbocycles. The monoisotopic (exact) mass is 276 g/mol. The Morgan fingerprint density at radius 2 is 2.00 bits per heavy atom. The first-order chi connectivity index (χ1) is 7.38. The Morgan fingerprint density at radius 1 is 1.35 bits per heavy atom. The lowest BCUT2D eigenvalue weighted by Gasteiger charge is -2.17. The van der Waals surface area contributed by atoms with Crippen molar-refractivity contribution in [2.24, 2.45) is 5.41 Å². The lowest BCUT2D eigenvalue weighted by atomic mass is 9.92. The van der Waals surface area contributed by atoms with Gasteiger partial charge in [-0.3, -0.25) is 0 Å². The van der Waals surface area contributed by atoms with E-state index in [1.54, 1.807) is 11.3 Å². The van der Waals surface area contributed by atoms with Gasteiger partial charge in [-0.1, -0.05) is 34.6 Å². The van der Waals surface area contributed by atoms with E-state index >= 15 is 0 Å². The van der Waals surface area contributed by atoms with Crippen LogP contribution < -0.4 is 5.32 Å². The number of hydrogen-bond donors (Lipinski definition) is 1. The van der Waals surface area contributed by atoms with Crippen LogP contribution in [0.15, 0.2) is 5.38 Å². The van der Waals surface area contributed by atoms with Gasteiger partial charge < -0.3 is 5.32 Å². The van der Waals surface area contributed by atoms with E-state index in [-0.39, 0.29) is 12.4 Å². The summed E-state index contributed by atoms with van der Waals surface area (Å²) in [6, 6.07) is 0. The molecular weight excluding hydrogens is 252 g/mol. The minimum Gasteiger partial charge on any atom is -0.311 e. The zero-order valence-corrected chi connectivity index (χ0v) is 13.2. The molecule has 0 saturated heterocycles. The molecule has 1 heterocycles. The van der Waals surface area contributed by atoms with Crippen LogP contribution in [0, 0.1) is 5.41 Å². The van der Waals surface area contributed by atoms with Crippen molar-refractivity contribution in [3.63, 3.8) is 0 Å². The fraction of sp³-hybridized carbons (Fsp3) is 0.769. The second-order valence-corrected chi connectivity index (χ2v) is 6.71. The van der Waals surface area contributed by atoms with E-state index in [4.69, 9.17) is 0 Å². The second-order valence-electron chi connectivity index (χ2n) is 5.82. The molecule has 0 amide bonds. The van der Waals surface area contributed by atoms with Gasteiger partial charge in [0, 0.05) is 17.8 Å². The van der Waals surface area contributed by atoms with Crippen LogP contribution in [0.4, 0.5) is 0 Å². The van der Waals surface area contributed by atoms with E-state index in [9.17, 15) is 0 Å². The minimum absolute atomic E-state index is 0. The Balaban J connectivity index is 0.00000256. The third-order valence-electron chi connectivity index (χ3n) is 2.42. The van der Waals surface area contributed by atoms with Crippen molar-refractivity contribution in [2.75, 3.05) is 6.54 Å². The molecule has 0 bridgehead atoms. The Labute approximate surface area is 116 Å². The van der Waals surface area contributed by atoms with Crippen LogP contribution >= 0.6 is 23.7 Å². The van der Waals surface area contributed by atoms with Gasteiger partial charge in [-0.2, -0.15) is 0 Å². The van der Waals surface area contributed by atoms with Gasteiger partial charge in [-0.25, -0.2) is 4.98 Å². The molecule has 17 heavy (non-hydrogen) atoms. The number of rotatable bonds is 5. The molecule has 0 fully saturated rings. The van der Waals surface area contributed by atoms with Crippen molar-refractivity contribution in [3.05, 3.63) is 16.1 Å². The Morgan fingerprint density at radius 3 is 2.47 bits per heavy atom.